The second kappa shape index (κ2) is 20.5. The Bertz CT molecular complexity index is 1940. The van der Waals surface area contributed by atoms with Crippen molar-refractivity contribution in [3.8, 4) is 11.1 Å². The fourth-order valence-corrected chi connectivity index (χ4v) is 10.1. The summed E-state index contributed by atoms with van der Waals surface area (Å²) >= 11 is 0. The molecule has 1 saturated heterocycles. The summed E-state index contributed by atoms with van der Waals surface area (Å²) in [6, 6.07) is 7.08. The minimum absolute atomic E-state index is 0.0294. The predicted molar refractivity (Wildman–Crippen MR) is 230 cm³/mol. The maximum atomic E-state index is 13.7. The molecule has 336 valence electrons. The van der Waals surface area contributed by atoms with Crippen molar-refractivity contribution in [3.05, 3.63) is 48.7 Å². The van der Waals surface area contributed by atoms with Gasteiger partial charge in [-0.05, 0) is 121 Å². The molecule has 19 heteroatoms. The molecule has 4 aliphatic rings. The number of pyridine rings is 1. The zero-order chi connectivity index (χ0) is 44.7. The van der Waals surface area contributed by atoms with Crippen LogP contribution in [-0.4, -0.2) is 110 Å². The van der Waals surface area contributed by atoms with Crippen molar-refractivity contribution in [1.82, 2.24) is 31.0 Å². The second-order valence-electron chi connectivity index (χ2n) is 17.6. The van der Waals surface area contributed by atoms with Gasteiger partial charge in [-0.1, -0.05) is 50.6 Å². The average molecular weight is 869 g/mol. The van der Waals surface area contributed by atoms with Crippen molar-refractivity contribution in [2.75, 3.05) is 13.1 Å². The monoisotopic (exact) mass is 868 g/mol. The number of nitrogens with two attached hydrogens (primary N) is 2. The molecule has 10 N–H and O–H groups in total. The Morgan fingerprint density at radius 2 is 1.46 bits per heavy atom. The number of nitrogens with one attached hydrogen (secondary N) is 5. The quantitative estimate of drug-likeness (QED) is 0.0615. The Morgan fingerprint density at radius 3 is 2.05 bits per heavy atom. The number of aromatic nitrogens is 1. The number of aliphatic hydroxyl groups is 1. The van der Waals surface area contributed by atoms with E-state index in [-0.39, 0.29) is 29.4 Å². The molecule has 0 radical (unpaired) electrons. The average Bonchev–Trinajstić information content (AvgIpc) is 3.59. The van der Waals surface area contributed by atoms with Gasteiger partial charge in [0.25, 0.3) is 10.0 Å². The van der Waals surface area contributed by atoms with E-state index in [1.807, 2.05) is 30.3 Å². The first-order valence-corrected chi connectivity index (χ1v) is 23.0. The maximum absolute atomic E-state index is 13.7. The van der Waals surface area contributed by atoms with E-state index < -0.39 is 82.6 Å². The number of hydrogen-bond donors (Lipinski definition) is 8. The van der Waals surface area contributed by atoms with Gasteiger partial charge in [0, 0.05) is 11.8 Å². The van der Waals surface area contributed by atoms with Crippen LogP contribution in [0, 0.1) is 17.3 Å². The van der Waals surface area contributed by atoms with Gasteiger partial charge in [-0.2, -0.15) is 4.72 Å². The minimum Gasteiger partial charge on any atom is -0.404 e. The third-order valence-corrected chi connectivity index (χ3v) is 14.2. The van der Waals surface area contributed by atoms with Crippen LogP contribution in [0.25, 0.3) is 11.1 Å². The van der Waals surface area contributed by atoms with Crippen molar-refractivity contribution in [2.45, 2.75) is 146 Å². The van der Waals surface area contributed by atoms with Gasteiger partial charge in [-0.3, -0.25) is 19.2 Å². The first-order chi connectivity index (χ1) is 28.8. The SMILES string of the molecule is C[C@H](NC(=O)[C@H](CCCCN)NC(=O)[C@H](C)NC(=O)[C@@H](NC(=O)[C@H](CCCCN)NS(=O)(=O)c1ccc(-c2ccccc2)cn1)[C@@H](C)O)B1O[C@@H]2C[C@@H]3C[C@@H](C3(C)C)[C@]2(C)O1. The molecular formula is C42H65BN8O9S. The zero-order valence-electron chi connectivity index (χ0n) is 36.2. The Hall–Kier alpha value is -3.98. The summed E-state index contributed by atoms with van der Waals surface area (Å²) in [5, 5.41) is 21.0. The number of unbranched alkanes of at least 4 members (excludes halogenated alkanes) is 2. The fraction of sp³-hybridized carbons (Fsp3) is 0.643. The smallest absolute Gasteiger partial charge is 0.404 e. The highest BCUT2D eigenvalue weighted by Gasteiger charge is 2.68. The van der Waals surface area contributed by atoms with Crippen molar-refractivity contribution in [1.29, 1.82) is 0 Å². The molecule has 3 saturated carbocycles. The van der Waals surface area contributed by atoms with Gasteiger partial charge in [0.05, 0.1) is 23.8 Å². The number of carbonyl (C=O) groups excluding carboxylic acids is 4. The number of sulfonamides is 1. The Balaban J connectivity index is 1.19. The summed E-state index contributed by atoms with van der Waals surface area (Å²) in [4.78, 5) is 58.6. The second-order valence-corrected chi connectivity index (χ2v) is 19.3. The summed E-state index contributed by atoms with van der Waals surface area (Å²) < 4.78 is 42.2. The van der Waals surface area contributed by atoms with E-state index in [1.165, 1.54) is 26.1 Å². The number of rotatable bonds is 22. The van der Waals surface area contributed by atoms with Crippen LogP contribution in [0.1, 0.15) is 92.9 Å². The van der Waals surface area contributed by atoms with Crippen LogP contribution in [0.5, 0.6) is 0 Å². The molecule has 1 aliphatic heterocycles. The molecule has 4 fully saturated rings. The van der Waals surface area contributed by atoms with Crippen molar-refractivity contribution >= 4 is 40.8 Å². The minimum atomic E-state index is -4.32. The number of nitrogens with zero attached hydrogens (tertiary/aromatic N) is 1. The molecule has 2 heterocycles. The van der Waals surface area contributed by atoms with Crippen molar-refractivity contribution in [2.24, 2.45) is 28.7 Å². The van der Waals surface area contributed by atoms with E-state index in [9.17, 15) is 32.7 Å². The topological polar surface area (TPSA) is 266 Å². The maximum Gasteiger partial charge on any atom is 0.481 e. The van der Waals surface area contributed by atoms with Gasteiger partial charge >= 0.3 is 7.12 Å². The molecule has 4 amide bonds. The lowest BCUT2D eigenvalue weighted by Gasteiger charge is -2.64. The van der Waals surface area contributed by atoms with Gasteiger partial charge in [-0.25, -0.2) is 13.4 Å². The largest absolute Gasteiger partial charge is 0.481 e. The van der Waals surface area contributed by atoms with E-state index in [4.69, 9.17) is 20.8 Å². The summed E-state index contributed by atoms with van der Waals surface area (Å²) in [7, 11) is -4.99. The highest BCUT2D eigenvalue weighted by molar-refractivity contribution is 7.89. The number of aliphatic hydroxyl groups excluding tert-OH is 1. The lowest BCUT2D eigenvalue weighted by atomic mass is 9.43. The lowest BCUT2D eigenvalue weighted by molar-refractivity contribution is -0.199. The molecule has 2 aromatic rings. The predicted octanol–water partition coefficient (Wildman–Crippen LogP) is 1.28. The third kappa shape index (κ3) is 11.4. The standard InChI is InChI=1S/C42H65BN8O9S/c1-25(37(53)49-31(16-10-12-20-44)38(54)48-27(3)43-59-34-23-30-22-33(41(30,4)5)42(34,6)60-43)47-40(56)36(26(2)52)50-39(55)32(17-11-13-21-45)51-61(57,58)35-19-18-29(24-46-35)28-14-8-7-9-15-28/h7-9,14-15,18-19,24-27,30-34,36,51-52H,10-13,16-17,20-23,44-45H2,1-6H3,(H,47,56)(H,48,54)(H,49,53)(H,50,55)/t25-,26+,27-,30-,31-,32-,33-,34+,36-,42-/m0/s1. The summed E-state index contributed by atoms with van der Waals surface area (Å²) in [5.41, 5.74) is 12.6. The molecule has 17 nitrogen and oxygen atoms in total. The number of benzene rings is 1. The van der Waals surface area contributed by atoms with Gasteiger partial charge in [0.15, 0.2) is 5.03 Å². The number of amides is 4. The van der Waals surface area contributed by atoms with E-state index in [0.717, 1.165) is 18.4 Å². The summed E-state index contributed by atoms with van der Waals surface area (Å²) in [5.74, 6) is -2.54. The first-order valence-electron chi connectivity index (χ1n) is 21.5. The number of carbonyl (C=O) groups is 4. The molecule has 0 unspecified atom stereocenters. The van der Waals surface area contributed by atoms with Crippen LogP contribution < -0.4 is 37.5 Å². The van der Waals surface area contributed by atoms with E-state index in [0.29, 0.717) is 56.2 Å². The van der Waals surface area contributed by atoms with Crippen LogP contribution in [0.2, 0.25) is 0 Å². The highest BCUT2D eigenvalue weighted by Crippen LogP contribution is 2.65. The van der Waals surface area contributed by atoms with Crippen molar-refractivity contribution in [3.63, 3.8) is 0 Å². The Morgan fingerprint density at radius 1 is 0.820 bits per heavy atom. The van der Waals surface area contributed by atoms with E-state index >= 15 is 0 Å². The van der Waals surface area contributed by atoms with Crippen LogP contribution in [0.4, 0.5) is 0 Å². The molecule has 61 heavy (non-hydrogen) atoms. The van der Waals surface area contributed by atoms with Crippen LogP contribution in [-0.2, 0) is 38.5 Å². The lowest BCUT2D eigenvalue weighted by Crippen LogP contribution is -2.65. The van der Waals surface area contributed by atoms with Crippen LogP contribution in [0.15, 0.2) is 53.7 Å². The Labute approximate surface area is 360 Å². The van der Waals surface area contributed by atoms with Gasteiger partial charge in [-0.15, -0.1) is 0 Å². The highest BCUT2D eigenvalue weighted by atomic mass is 32.2. The van der Waals surface area contributed by atoms with E-state index in [1.54, 1.807) is 13.0 Å². The first kappa shape index (κ1) is 48.1. The summed E-state index contributed by atoms with van der Waals surface area (Å²) in [6.45, 7) is 11.8. The number of hydrogen-bond acceptors (Lipinski definition) is 12. The molecule has 1 aromatic carbocycles. The van der Waals surface area contributed by atoms with Gasteiger partial charge in [0.1, 0.15) is 24.2 Å². The third-order valence-electron chi connectivity index (χ3n) is 12.8. The van der Waals surface area contributed by atoms with Gasteiger partial charge < -0.3 is 47.1 Å². The molecule has 10 atom stereocenters. The molecular weight excluding hydrogens is 803 g/mol. The fourth-order valence-electron chi connectivity index (χ4n) is 8.92. The normalized spacial score (nSPS) is 24.5. The van der Waals surface area contributed by atoms with Crippen LogP contribution >= 0.6 is 0 Å². The van der Waals surface area contributed by atoms with Gasteiger partial charge in [0.2, 0.25) is 23.6 Å². The molecule has 2 bridgehead atoms. The molecule has 3 aliphatic carbocycles. The zero-order valence-corrected chi connectivity index (χ0v) is 37.0. The summed E-state index contributed by atoms with van der Waals surface area (Å²) in [6.07, 6.45) is 4.21. The molecule has 6 rings (SSSR count). The van der Waals surface area contributed by atoms with Crippen molar-refractivity contribution < 1.29 is 42.0 Å². The van der Waals surface area contributed by atoms with E-state index in [2.05, 4.69) is 51.7 Å². The molecule has 1 aromatic heterocycles. The Kier molecular flexibility index (Phi) is 16.1. The van der Waals surface area contributed by atoms with Crippen LogP contribution in [0.3, 0.4) is 0 Å². The molecule has 0 spiro atoms.